The first-order valence-corrected chi connectivity index (χ1v) is 7.31. The van der Waals surface area contributed by atoms with Crippen molar-refractivity contribution >= 4 is 0 Å². The molecular weight excluding hydrogens is 234 g/mol. The van der Waals surface area contributed by atoms with Crippen molar-refractivity contribution in [2.24, 2.45) is 5.92 Å². The second-order valence-electron chi connectivity index (χ2n) is 5.18. The van der Waals surface area contributed by atoms with Crippen LogP contribution in [0.5, 0.6) is 0 Å². The summed E-state index contributed by atoms with van der Waals surface area (Å²) in [5.41, 5.74) is 2.52. The number of rotatable bonds is 7. The fraction of sp³-hybridized carbons (Fsp3) is 0.471. The molecule has 1 aromatic heterocycles. The van der Waals surface area contributed by atoms with E-state index in [-0.39, 0.29) is 0 Å². The van der Waals surface area contributed by atoms with Gasteiger partial charge in [-0.15, -0.1) is 0 Å². The Labute approximate surface area is 115 Å². The predicted octanol–water partition coefficient (Wildman–Crippen LogP) is 5.10. The largest absolute Gasteiger partial charge is 0.444 e. The van der Waals surface area contributed by atoms with Crippen LogP contribution >= 0.6 is 0 Å². The van der Waals surface area contributed by atoms with Crippen molar-refractivity contribution in [1.29, 1.82) is 0 Å². The second kappa shape index (κ2) is 7.13. The summed E-state index contributed by atoms with van der Waals surface area (Å²) in [7, 11) is 0. The van der Waals surface area contributed by atoms with Gasteiger partial charge in [-0.25, -0.2) is 4.98 Å². The van der Waals surface area contributed by atoms with Gasteiger partial charge in [-0.05, 0) is 17.9 Å². The Morgan fingerprint density at radius 2 is 1.95 bits per heavy atom. The highest BCUT2D eigenvalue weighted by Crippen LogP contribution is 2.22. The molecular formula is C17H23NO. The lowest BCUT2D eigenvalue weighted by atomic mass is 9.91. The van der Waals surface area contributed by atoms with Gasteiger partial charge in [0.2, 0.25) is 0 Å². The van der Waals surface area contributed by atoms with Crippen molar-refractivity contribution in [1.82, 2.24) is 4.98 Å². The van der Waals surface area contributed by atoms with E-state index >= 15 is 0 Å². The molecule has 0 saturated carbocycles. The molecule has 0 aliphatic heterocycles. The van der Waals surface area contributed by atoms with Crippen LogP contribution in [-0.2, 0) is 6.42 Å². The van der Waals surface area contributed by atoms with Gasteiger partial charge in [0.25, 0.3) is 0 Å². The Bertz CT molecular complexity index is 459. The summed E-state index contributed by atoms with van der Waals surface area (Å²) in [4.78, 5) is 3.95. The number of oxazole rings is 1. The van der Waals surface area contributed by atoms with Gasteiger partial charge in [-0.1, -0.05) is 63.8 Å². The number of hydrogen-bond acceptors (Lipinski definition) is 2. The second-order valence-corrected chi connectivity index (χ2v) is 5.18. The van der Waals surface area contributed by atoms with Crippen molar-refractivity contribution in [2.75, 3.05) is 0 Å². The van der Waals surface area contributed by atoms with E-state index in [1.165, 1.54) is 44.1 Å². The fourth-order valence-electron chi connectivity index (χ4n) is 2.44. The highest BCUT2D eigenvalue weighted by Gasteiger charge is 2.08. The summed E-state index contributed by atoms with van der Waals surface area (Å²) in [6.07, 6.45) is 9.66. The van der Waals surface area contributed by atoms with E-state index in [1.54, 1.807) is 6.20 Å². The van der Waals surface area contributed by atoms with Crippen LogP contribution in [0.3, 0.4) is 0 Å². The average molecular weight is 257 g/mol. The van der Waals surface area contributed by atoms with Crippen molar-refractivity contribution in [3.63, 3.8) is 0 Å². The van der Waals surface area contributed by atoms with E-state index in [9.17, 15) is 0 Å². The maximum absolute atomic E-state index is 5.30. The third kappa shape index (κ3) is 3.95. The third-order valence-electron chi connectivity index (χ3n) is 3.74. The van der Waals surface area contributed by atoms with Gasteiger partial charge in [0.15, 0.2) is 12.2 Å². The van der Waals surface area contributed by atoms with Crippen molar-refractivity contribution in [3.8, 4) is 11.3 Å². The maximum Gasteiger partial charge on any atom is 0.181 e. The fourth-order valence-corrected chi connectivity index (χ4v) is 2.44. The van der Waals surface area contributed by atoms with Gasteiger partial charge in [-0.3, -0.25) is 0 Å². The molecule has 0 amide bonds. The van der Waals surface area contributed by atoms with Crippen LogP contribution in [-0.4, -0.2) is 4.98 Å². The van der Waals surface area contributed by atoms with Crippen LogP contribution in [0.1, 0.15) is 45.1 Å². The lowest BCUT2D eigenvalue weighted by Crippen LogP contribution is -2.03. The molecule has 2 aromatic rings. The van der Waals surface area contributed by atoms with Crippen molar-refractivity contribution < 1.29 is 4.42 Å². The van der Waals surface area contributed by atoms with Crippen LogP contribution in [0.4, 0.5) is 0 Å². The van der Waals surface area contributed by atoms with Crippen LogP contribution < -0.4 is 0 Å². The Morgan fingerprint density at radius 1 is 1.16 bits per heavy atom. The molecule has 0 radical (unpaired) electrons. The molecule has 0 spiro atoms. The first-order valence-electron chi connectivity index (χ1n) is 7.31. The van der Waals surface area contributed by atoms with Crippen LogP contribution in [0.25, 0.3) is 11.3 Å². The topological polar surface area (TPSA) is 26.0 Å². The zero-order chi connectivity index (χ0) is 13.5. The zero-order valence-corrected chi connectivity index (χ0v) is 11.9. The van der Waals surface area contributed by atoms with Crippen molar-refractivity contribution in [2.45, 2.75) is 46.0 Å². The van der Waals surface area contributed by atoms with E-state index in [1.807, 2.05) is 0 Å². The summed E-state index contributed by atoms with van der Waals surface area (Å²) in [5, 5.41) is 0. The smallest absolute Gasteiger partial charge is 0.181 e. The molecule has 1 heterocycles. The van der Waals surface area contributed by atoms with E-state index in [0.29, 0.717) is 0 Å². The molecule has 0 fully saturated rings. The lowest BCUT2D eigenvalue weighted by Gasteiger charge is -2.14. The molecule has 1 aromatic carbocycles. The molecule has 0 aliphatic rings. The monoisotopic (exact) mass is 257 g/mol. The number of nitrogens with zero attached hydrogens (tertiary/aromatic N) is 1. The predicted molar refractivity (Wildman–Crippen MR) is 78.9 cm³/mol. The van der Waals surface area contributed by atoms with Gasteiger partial charge in [0, 0.05) is 5.56 Å². The Morgan fingerprint density at radius 3 is 2.53 bits per heavy atom. The quantitative estimate of drug-likeness (QED) is 0.689. The van der Waals surface area contributed by atoms with Gasteiger partial charge in [0.1, 0.15) is 0 Å². The summed E-state index contributed by atoms with van der Waals surface area (Å²) >= 11 is 0. The molecule has 102 valence electrons. The normalized spacial score (nSPS) is 12.5. The minimum atomic E-state index is 0.816. The average Bonchev–Trinajstić information content (AvgIpc) is 2.98. The van der Waals surface area contributed by atoms with Gasteiger partial charge < -0.3 is 4.42 Å². The van der Waals surface area contributed by atoms with E-state index in [2.05, 4.69) is 43.1 Å². The molecule has 1 atom stereocenters. The molecule has 0 bridgehead atoms. The minimum Gasteiger partial charge on any atom is -0.444 e. The number of benzene rings is 1. The van der Waals surface area contributed by atoms with E-state index in [4.69, 9.17) is 4.42 Å². The SMILES string of the molecule is CCCCC(CC)Cc1ccc(-c2cnco2)cc1. The summed E-state index contributed by atoms with van der Waals surface area (Å²) < 4.78 is 5.30. The van der Waals surface area contributed by atoms with Gasteiger partial charge in [-0.2, -0.15) is 0 Å². The lowest BCUT2D eigenvalue weighted by molar-refractivity contribution is 0.449. The zero-order valence-electron chi connectivity index (χ0n) is 11.9. The van der Waals surface area contributed by atoms with Crippen LogP contribution in [0.2, 0.25) is 0 Å². The van der Waals surface area contributed by atoms with Crippen molar-refractivity contribution in [3.05, 3.63) is 42.4 Å². The molecule has 0 saturated heterocycles. The highest BCUT2D eigenvalue weighted by atomic mass is 16.3. The molecule has 1 unspecified atom stereocenters. The third-order valence-corrected chi connectivity index (χ3v) is 3.74. The first kappa shape index (κ1) is 13.9. The summed E-state index contributed by atoms with van der Waals surface area (Å²) in [5.74, 6) is 1.65. The molecule has 0 N–H and O–H groups in total. The number of aromatic nitrogens is 1. The van der Waals surface area contributed by atoms with Gasteiger partial charge in [0.05, 0.1) is 6.20 Å². The molecule has 2 nitrogen and oxygen atoms in total. The summed E-state index contributed by atoms with van der Waals surface area (Å²) in [6, 6.07) is 8.68. The van der Waals surface area contributed by atoms with Crippen LogP contribution in [0.15, 0.2) is 41.3 Å². The molecule has 0 aliphatic carbocycles. The highest BCUT2D eigenvalue weighted by molar-refractivity contribution is 5.56. The number of hydrogen-bond donors (Lipinski definition) is 0. The maximum atomic E-state index is 5.30. The summed E-state index contributed by atoms with van der Waals surface area (Å²) in [6.45, 7) is 4.56. The minimum absolute atomic E-state index is 0.816. The molecule has 19 heavy (non-hydrogen) atoms. The Balaban J connectivity index is 1.98. The van der Waals surface area contributed by atoms with Gasteiger partial charge >= 0.3 is 0 Å². The van der Waals surface area contributed by atoms with E-state index < -0.39 is 0 Å². The molecule has 2 rings (SSSR count). The molecule has 2 heteroatoms. The Kier molecular flexibility index (Phi) is 5.20. The number of unbranched alkanes of at least 4 members (excludes halogenated alkanes) is 1. The Hall–Kier alpha value is -1.57. The van der Waals surface area contributed by atoms with E-state index in [0.717, 1.165) is 17.2 Å². The van der Waals surface area contributed by atoms with Crippen LogP contribution in [0, 0.1) is 5.92 Å². The standard InChI is InChI=1S/C17H23NO/c1-3-5-6-14(4-2)11-15-7-9-16(10-8-15)17-12-18-13-19-17/h7-10,12-14H,3-6,11H2,1-2H3. The first-order chi connectivity index (χ1) is 9.33.